The van der Waals surface area contributed by atoms with Crippen LogP contribution in [-0.4, -0.2) is 24.2 Å². The molecule has 1 aromatic carbocycles. The normalized spacial score (nSPS) is 11.5. The van der Waals surface area contributed by atoms with Crippen LogP contribution in [0.3, 0.4) is 0 Å². The zero-order valence-corrected chi connectivity index (χ0v) is 21.8. The van der Waals surface area contributed by atoms with Crippen LogP contribution >= 0.6 is 11.6 Å². The number of hydrogen-bond donors (Lipinski definition) is 0. The molecule has 0 aliphatic heterocycles. The molecule has 0 N–H and O–H groups in total. The molecule has 0 radical (unpaired) electrons. The fraction of sp³-hybridized carbons (Fsp3) is 0.625. The second-order valence-electron chi connectivity index (χ2n) is 8.30. The van der Waals surface area contributed by atoms with E-state index in [0.29, 0.717) is 5.02 Å². The van der Waals surface area contributed by atoms with E-state index in [0.717, 1.165) is 15.6 Å². The number of halogens is 1. The van der Waals surface area contributed by atoms with Gasteiger partial charge in [-0.15, -0.1) is 0 Å². The van der Waals surface area contributed by atoms with E-state index in [2.05, 4.69) is 34.6 Å². The summed E-state index contributed by atoms with van der Waals surface area (Å²) in [5.41, 5.74) is 3.11. The van der Waals surface area contributed by atoms with E-state index < -0.39 is 18.4 Å². The van der Waals surface area contributed by atoms with Crippen LogP contribution in [0, 0.1) is 0 Å². The van der Waals surface area contributed by atoms with E-state index in [-0.39, 0.29) is 5.78 Å². The maximum atomic E-state index is 13.3. The summed E-state index contributed by atoms with van der Waals surface area (Å²) in [5.74, 6) is 0.234. The topological polar surface area (TPSA) is 17.1 Å². The number of carbonyl (C=O) groups excluding carboxylic acids is 1. The molecule has 1 aromatic rings. The number of unbranched alkanes of at least 4 members (excludes halogenated alkanes) is 3. The Morgan fingerprint density at radius 2 is 1.30 bits per heavy atom. The molecule has 1 nitrogen and oxygen atoms in total. The van der Waals surface area contributed by atoms with E-state index in [1.165, 1.54) is 57.4 Å². The van der Waals surface area contributed by atoms with Crippen molar-refractivity contribution in [1.82, 2.24) is 0 Å². The van der Waals surface area contributed by atoms with Gasteiger partial charge in [-0.05, 0) is 0 Å². The van der Waals surface area contributed by atoms with Gasteiger partial charge in [0.25, 0.3) is 0 Å². The van der Waals surface area contributed by atoms with Crippen LogP contribution in [0.15, 0.2) is 35.4 Å². The predicted molar refractivity (Wildman–Crippen MR) is 124 cm³/mol. The summed E-state index contributed by atoms with van der Waals surface area (Å²) >= 11 is 3.63. The van der Waals surface area contributed by atoms with Gasteiger partial charge in [0, 0.05) is 0 Å². The van der Waals surface area contributed by atoms with Crippen molar-refractivity contribution in [1.29, 1.82) is 0 Å². The molecule has 0 fully saturated rings. The van der Waals surface area contributed by atoms with E-state index >= 15 is 0 Å². The molecule has 0 bridgehead atoms. The molecule has 0 unspecified atom stereocenters. The SMILES string of the molecule is CCC[CH2][Sn]([CH2]CCC)([CH2]CCC)[CH2]C(C(=O)c1ccc(Cl)cc1)=C(C)C. The van der Waals surface area contributed by atoms with Crippen molar-refractivity contribution in [3.8, 4) is 0 Å². The Morgan fingerprint density at radius 1 is 0.852 bits per heavy atom. The van der Waals surface area contributed by atoms with Crippen LogP contribution in [-0.2, 0) is 0 Å². The molecule has 152 valence electrons. The quantitative estimate of drug-likeness (QED) is 0.151. The number of allylic oxidation sites excluding steroid dienone is 2. The molecule has 0 amide bonds. The second kappa shape index (κ2) is 13.0. The van der Waals surface area contributed by atoms with Gasteiger partial charge in [-0.2, -0.15) is 0 Å². The number of rotatable bonds is 13. The number of benzene rings is 1. The predicted octanol–water partition coefficient (Wildman–Crippen LogP) is 8.71. The van der Waals surface area contributed by atoms with Gasteiger partial charge in [0.15, 0.2) is 0 Å². The summed E-state index contributed by atoms with van der Waals surface area (Å²) in [5, 5.41) is 0.688. The average molecular weight is 498 g/mol. The summed E-state index contributed by atoms with van der Waals surface area (Å²) in [7, 11) is 0. The van der Waals surface area contributed by atoms with Crippen molar-refractivity contribution in [2.24, 2.45) is 0 Å². The first-order valence-corrected chi connectivity index (χ1v) is 19.3. The summed E-state index contributed by atoms with van der Waals surface area (Å²) in [6.07, 6.45) is 7.84. The third kappa shape index (κ3) is 8.31. The van der Waals surface area contributed by atoms with Crippen molar-refractivity contribution in [2.75, 3.05) is 0 Å². The number of Topliss-reactive ketones (excluding diaryl/α,β-unsaturated/α-hetero) is 1. The van der Waals surface area contributed by atoms with Crippen LogP contribution in [0.25, 0.3) is 0 Å². The fourth-order valence-electron chi connectivity index (χ4n) is 3.93. The van der Waals surface area contributed by atoms with Crippen LogP contribution in [0.1, 0.15) is 83.5 Å². The average Bonchev–Trinajstić information content (AvgIpc) is 2.66. The monoisotopic (exact) mass is 498 g/mol. The van der Waals surface area contributed by atoms with Crippen LogP contribution in [0.4, 0.5) is 0 Å². The molecule has 1 rings (SSSR count). The van der Waals surface area contributed by atoms with Crippen molar-refractivity contribution in [3.63, 3.8) is 0 Å². The van der Waals surface area contributed by atoms with Crippen molar-refractivity contribution >= 4 is 35.8 Å². The Balaban J connectivity index is 3.18. The standard InChI is InChI=1S/C12H12ClO.3C4H9.Sn/c1-8(2)9(3)12(14)10-4-6-11(13)7-5-10;3*1-3-4-2;/h4-7H,3H2,1-2H3;3*1,3-4H2,2H3;. The van der Waals surface area contributed by atoms with Crippen LogP contribution in [0.2, 0.25) is 22.8 Å². The van der Waals surface area contributed by atoms with Crippen LogP contribution < -0.4 is 0 Å². The van der Waals surface area contributed by atoms with Crippen molar-refractivity contribution in [2.45, 2.75) is 90.9 Å². The Labute approximate surface area is 176 Å². The molecule has 0 aromatic heterocycles. The first-order chi connectivity index (χ1) is 12.9. The van der Waals surface area contributed by atoms with Gasteiger partial charge < -0.3 is 0 Å². The van der Waals surface area contributed by atoms with Gasteiger partial charge in [0.2, 0.25) is 0 Å². The molecule has 27 heavy (non-hydrogen) atoms. The minimum absolute atomic E-state index is 0.234. The summed E-state index contributed by atoms with van der Waals surface area (Å²) in [6, 6.07) is 7.43. The summed E-state index contributed by atoms with van der Waals surface area (Å²) in [6.45, 7) is 11.2. The van der Waals surface area contributed by atoms with Crippen molar-refractivity contribution in [3.05, 3.63) is 46.0 Å². The molecular weight excluding hydrogens is 458 g/mol. The van der Waals surface area contributed by atoms with E-state index in [4.69, 9.17) is 11.6 Å². The Morgan fingerprint density at radius 3 is 1.67 bits per heavy atom. The Kier molecular flexibility index (Phi) is 12.0. The molecule has 3 heteroatoms. The first-order valence-electron chi connectivity index (χ1n) is 10.9. The zero-order chi connectivity index (χ0) is 20.3. The van der Waals surface area contributed by atoms with Crippen LogP contribution in [0.5, 0.6) is 0 Å². The molecule has 0 saturated heterocycles. The minimum atomic E-state index is -2.39. The molecule has 0 saturated carbocycles. The third-order valence-corrected chi connectivity index (χ3v) is 21.2. The number of ketones is 1. The van der Waals surface area contributed by atoms with Gasteiger partial charge in [-0.1, -0.05) is 0 Å². The molecule has 0 spiro atoms. The molecule has 0 atom stereocenters. The van der Waals surface area contributed by atoms with E-state index in [9.17, 15) is 4.79 Å². The van der Waals surface area contributed by atoms with E-state index in [1.54, 1.807) is 0 Å². The third-order valence-electron chi connectivity index (χ3n) is 5.72. The van der Waals surface area contributed by atoms with Gasteiger partial charge >= 0.3 is 177 Å². The molecule has 0 heterocycles. The number of hydrogen-bond acceptors (Lipinski definition) is 1. The molecule has 0 aliphatic rings. The first kappa shape index (κ1) is 24.8. The van der Waals surface area contributed by atoms with Gasteiger partial charge in [0.05, 0.1) is 0 Å². The molecule has 0 aliphatic carbocycles. The Bertz CT molecular complexity index is 578. The maximum absolute atomic E-state index is 13.3. The van der Waals surface area contributed by atoms with Gasteiger partial charge in [0.1, 0.15) is 0 Å². The molecular formula is C24H39ClOSn. The summed E-state index contributed by atoms with van der Waals surface area (Å²) < 4.78 is 5.44. The van der Waals surface area contributed by atoms with Gasteiger partial charge in [-0.3, -0.25) is 0 Å². The van der Waals surface area contributed by atoms with E-state index in [1.807, 2.05) is 24.3 Å². The fourth-order valence-corrected chi connectivity index (χ4v) is 20.8. The second-order valence-corrected chi connectivity index (χ2v) is 22.6. The van der Waals surface area contributed by atoms with Crippen molar-refractivity contribution < 1.29 is 4.79 Å². The Hall–Kier alpha value is -0.281. The zero-order valence-electron chi connectivity index (χ0n) is 18.2. The van der Waals surface area contributed by atoms with Gasteiger partial charge in [-0.25, -0.2) is 0 Å². The number of carbonyl (C=O) groups is 1. The summed E-state index contributed by atoms with van der Waals surface area (Å²) in [4.78, 5) is 13.3.